The minimum absolute atomic E-state index is 0.0338. The van der Waals surface area contributed by atoms with Gasteiger partial charge in [-0.25, -0.2) is 4.98 Å². The molecular weight excluding hydrogens is 474 g/mol. The summed E-state index contributed by atoms with van der Waals surface area (Å²) in [6, 6.07) is 3.07. The predicted octanol–water partition coefficient (Wildman–Crippen LogP) is 3.55. The molecule has 1 aromatic rings. The smallest absolute Gasteiger partial charge is 0.352 e. The molecule has 2 aliphatic rings. The molecule has 32 heavy (non-hydrogen) atoms. The van der Waals surface area contributed by atoms with Gasteiger partial charge in [0.15, 0.2) is 17.6 Å². The van der Waals surface area contributed by atoms with Crippen LogP contribution < -0.4 is 0 Å². The van der Waals surface area contributed by atoms with Gasteiger partial charge in [-0.3, -0.25) is 10.1 Å². The molecule has 0 aliphatic carbocycles. The highest BCUT2D eigenvalue weighted by Gasteiger charge is 2.62. The summed E-state index contributed by atoms with van der Waals surface area (Å²) in [7, 11) is 0. The normalized spacial score (nSPS) is 23.8. The maximum Gasteiger partial charge on any atom is 0.411 e. The van der Waals surface area contributed by atoms with E-state index in [1.807, 2.05) is 0 Å². The third-order valence-electron chi connectivity index (χ3n) is 4.95. The largest absolute Gasteiger partial charge is 0.411 e. The summed E-state index contributed by atoms with van der Waals surface area (Å²) in [5.41, 5.74) is -2.42. The first-order valence-electron chi connectivity index (χ1n) is 9.12. The Balaban J connectivity index is 1.98. The van der Waals surface area contributed by atoms with Crippen molar-refractivity contribution in [2.75, 3.05) is 26.3 Å². The van der Waals surface area contributed by atoms with Crippen molar-refractivity contribution in [2.45, 2.75) is 37.7 Å². The lowest BCUT2D eigenvalue weighted by molar-refractivity contribution is -0.443. The van der Waals surface area contributed by atoms with Gasteiger partial charge < -0.3 is 19.3 Å². The highest BCUT2D eigenvalue weighted by Crippen LogP contribution is 2.45. The minimum atomic E-state index is -4.86. The number of hydrogen-bond acceptors (Lipinski definition) is 7. The Bertz CT molecular complexity index is 895. The molecule has 3 heterocycles. The van der Waals surface area contributed by atoms with Crippen molar-refractivity contribution in [3.05, 3.63) is 50.7 Å². The second-order valence-corrected chi connectivity index (χ2v) is 7.68. The Morgan fingerprint density at radius 1 is 1.22 bits per heavy atom. The van der Waals surface area contributed by atoms with E-state index in [2.05, 4.69) is 4.98 Å². The van der Waals surface area contributed by atoms with E-state index in [9.17, 15) is 36.5 Å². The van der Waals surface area contributed by atoms with Crippen LogP contribution in [0.2, 0.25) is 5.15 Å². The van der Waals surface area contributed by atoms with Crippen molar-refractivity contribution in [1.82, 2.24) is 14.8 Å². The van der Waals surface area contributed by atoms with Crippen molar-refractivity contribution in [2.24, 2.45) is 0 Å². The van der Waals surface area contributed by atoms with Crippen molar-refractivity contribution < 1.29 is 40.7 Å². The van der Waals surface area contributed by atoms with Crippen molar-refractivity contribution in [3.63, 3.8) is 0 Å². The SMILES string of the molecule is CC1(OCC(F)(F)F)C(OCC(F)(F)F)C([N+](=O)[O-])=C2N(Cc3ccc(Cl)nc3)CCN21. The van der Waals surface area contributed by atoms with Gasteiger partial charge in [0.1, 0.15) is 18.4 Å². The van der Waals surface area contributed by atoms with Crippen molar-refractivity contribution in [3.8, 4) is 0 Å². The highest BCUT2D eigenvalue weighted by molar-refractivity contribution is 6.29. The second-order valence-electron chi connectivity index (χ2n) is 7.29. The zero-order valence-corrected chi connectivity index (χ0v) is 17.2. The molecule has 178 valence electrons. The van der Waals surface area contributed by atoms with Crippen LogP contribution >= 0.6 is 11.6 Å². The molecule has 0 aromatic carbocycles. The molecule has 0 N–H and O–H groups in total. The molecule has 8 nitrogen and oxygen atoms in total. The van der Waals surface area contributed by atoms with Crippen molar-refractivity contribution in [1.29, 1.82) is 0 Å². The van der Waals surface area contributed by atoms with E-state index >= 15 is 0 Å². The second kappa shape index (κ2) is 8.56. The molecule has 2 aliphatic heterocycles. The molecule has 2 unspecified atom stereocenters. The van der Waals surface area contributed by atoms with Gasteiger partial charge in [-0.2, -0.15) is 26.3 Å². The van der Waals surface area contributed by atoms with Crippen LogP contribution in [-0.2, 0) is 16.0 Å². The fourth-order valence-corrected chi connectivity index (χ4v) is 3.80. The third-order valence-corrected chi connectivity index (χ3v) is 5.17. The average molecular weight is 491 g/mol. The van der Waals surface area contributed by atoms with E-state index in [1.165, 1.54) is 17.2 Å². The van der Waals surface area contributed by atoms with Crippen molar-refractivity contribution >= 4 is 11.6 Å². The Morgan fingerprint density at radius 2 is 1.88 bits per heavy atom. The number of rotatable bonds is 7. The van der Waals surface area contributed by atoms with Crippen LogP contribution in [-0.4, -0.2) is 70.2 Å². The standard InChI is InChI=1S/C17H17ClF6N4O4/c1-15(32-9-17(22,23)24)13(31-8-16(19,20)21)12(28(29)30)14-26(4-5-27(14)15)7-10-2-3-11(18)25-6-10/h2-3,6,13H,4-5,7-9H2,1H3. The molecule has 0 radical (unpaired) electrons. The van der Waals surface area contributed by atoms with Gasteiger partial charge in [-0.05, 0) is 18.6 Å². The maximum absolute atomic E-state index is 12.8. The molecule has 1 saturated heterocycles. The first kappa shape index (κ1) is 24.3. The van der Waals surface area contributed by atoms with Crippen LogP contribution in [0.1, 0.15) is 12.5 Å². The first-order chi connectivity index (χ1) is 14.7. The Kier molecular flexibility index (Phi) is 6.50. The molecule has 1 fully saturated rings. The number of pyridine rings is 1. The predicted molar refractivity (Wildman–Crippen MR) is 96.6 cm³/mol. The number of nitro groups is 1. The summed E-state index contributed by atoms with van der Waals surface area (Å²) in [5, 5.41) is 12.0. The fraction of sp³-hybridized carbons (Fsp3) is 0.588. The van der Waals surface area contributed by atoms with E-state index in [0.717, 1.165) is 11.8 Å². The molecule has 0 bridgehead atoms. The lowest BCUT2D eigenvalue weighted by atomic mass is 10.1. The number of hydrogen-bond donors (Lipinski definition) is 0. The monoisotopic (exact) mass is 490 g/mol. The van der Waals surface area contributed by atoms with E-state index in [-0.39, 0.29) is 30.6 Å². The van der Waals surface area contributed by atoms with E-state index in [1.54, 1.807) is 6.07 Å². The highest BCUT2D eigenvalue weighted by atomic mass is 35.5. The molecule has 3 rings (SSSR count). The summed E-state index contributed by atoms with van der Waals surface area (Å²) in [4.78, 5) is 17.4. The number of alkyl halides is 6. The van der Waals surface area contributed by atoms with Gasteiger partial charge in [0.25, 0.3) is 0 Å². The molecule has 0 saturated carbocycles. The van der Waals surface area contributed by atoms with Crippen LogP contribution in [0.25, 0.3) is 0 Å². The van der Waals surface area contributed by atoms with Gasteiger partial charge >= 0.3 is 18.0 Å². The lowest BCUT2D eigenvalue weighted by Gasteiger charge is -2.38. The zero-order chi connectivity index (χ0) is 23.9. The Morgan fingerprint density at radius 3 is 2.41 bits per heavy atom. The molecular formula is C17H17ClF6N4O4. The molecule has 0 spiro atoms. The summed E-state index contributed by atoms with van der Waals surface area (Å²) in [5.74, 6) is -0.165. The number of aromatic nitrogens is 1. The molecule has 1 aromatic heterocycles. The number of nitrogens with zero attached hydrogens (tertiary/aromatic N) is 4. The number of halogens is 7. The summed E-state index contributed by atoms with van der Waals surface area (Å²) in [6.45, 7) is -2.52. The Hall–Kier alpha value is -2.32. The van der Waals surface area contributed by atoms with Crippen LogP contribution in [0.4, 0.5) is 26.3 Å². The molecule has 0 amide bonds. The topological polar surface area (TPSA) is 81.0 Å². The lowest BCUT2D eigenvalue weighted by Crippen LogP contribution is -2.54. The molecule has 2 atom stereocenters. The number of fused-ring (bicyclic) bond motifs is 1. The van der Waals surface area contributed by atoms with Crippen LogP contribution in [0, 0.1) is 10.1 Å². The van der Waals surface area contributed by atoms with Crippen LogP contribution in [0.15, 0.2) is 29.8 Å². The van der Waals surface area contributed by atoms with E-state index < -0.39 is 48.0 Å². The third kappa shape index (κ3) is 5.18. The quantitative estimate of drug-likeness (QED) is 0.250. The summed E-state index contributed by atoms with van der Waals surface area (Å²) < 4.78 is 86.6. The minimum Gasteiger partial charge on any atom is -0.352 e. The fourth-order valence-electron chi connectivity index (χ4n) is 3.69. The van der Waals surface area contributed by atoms with Gasteiger partial charge in [-0.1, -0.05) is 17.7 Å². The van der Waals surface area contributed by atoms with Gasteiger partial charge in [0.2, 0.25) is 0 Å². The zero-order valence-electron chi connectivity index (χ0n) is 16.4. The van der Waals surface area contributed by atoms with Crippen LogP contribution in [0.5, 0.6) is 0 Å². The summed E-state index contributed by atoms with van der Waals surface area (Å²) in [6.07, 6.45) is -10.3. The van der Waals surface area contributed by atoms with Gasteiger partial charge in [0.05, 0.1) is 4.92 Å². The van der Waals surface area contributed by atoms with Gasteiger partial charge in [0, 0.05) is 25.8 Å². The van der Waals surface area contributed by atoms with E-state index in [4.69, 9.17) is 21.1 Å². The molecule has 15 heteroatoms. The number of ether oxygens (including phenoxy) is 2. The average Bonchev–Trinajstić information content (AvgIpc) is 3.17. The van der Waals surface area contributed by atoms with E-state index in [0.29, 0.717) is 5.56 Å². The Labute approximate surface area is 182 Å². The first-order valence-corrected chi connectivity index (χ1v) is 9.50. The maximum atomic E-state index is 12.8. The summed E-state index contributed by atoms with van der Waals surface area (Å²) >= 11 is 5.73. The van der Waals surface area contributed by atoms with Gasteiger partial charge in [-0.15, -0.1) is 0 Å². The van der Waals surface area contributed by atoms with Crippen LogP contribution in [0.3, 0.4) is 0 Å².